The predicted molar refractivity (Wildman–Crippen MR) is 93.0 cm³/mol. The Kier molecular flexibility index (Phi) is 3.50. The average molecular weight is 338 g/mol. The van der Waals surface area contributed by atoms with Gasteiger partial charge >= 0.3 is 0 Å². The maximum Gasteiger partial charge on any atom is 0.272 e. The normalized spacial score (nSPS) is 11.2. The molecule has 0 aliphatic heterocycles. The van der Waals surface area contributed by atoms with Crippen molar-refractivity contribution < 1.29 is 4.52 Å². The van der Waals surface area contributed by atoms with Crippen LogP contribution >= 0.6 is 11.3 Å². The Labute approximate surface area is 141 Å². The fourth-order valence-corrected chi connectivity index (χ4v) is 3.30. The maximum atomic E-state index is 12.2. The van der Waals surface area contributed by atoms with E-state index in [9.17, 15) is 4.79 Å². The molecule has 120 valence electrons. The van der Waals surface area contributed by atoms with Gasteiger partial charge in [-0.2, -0.15) is 16.3 Å². The molecule has 6 nitrogen and oxygen atoms in total. The van der Waals surface area contributed by atoms with Crippen LogP contribution in [-0.2, 0) is 6.54 Å². The van der Waals surface area contributed by atoms with Gasteiger partial charge in [0.2, 0.25) is 5.82 Å². The molecule has 0 N–H and O–H groups in total. The summed E-state index contributed by atoms with van der Waals surface area (Å²) in [6.45, 7) is 4.27. The van der Waals surface area contributed by atoms with Crippen LogP contribution in [0.2, 0.25) is 0 Å². The molecule has 0 aliphatic carbocycles. The standard InChI is InChI=1S/C17H14N4O2S/c1-3-21-14-5-4-11(8-13(14)18-10(2)17(21)22)15-19-16(23-20-15)12-6-7-24-9-12/h4-9H,3H2,1-2H3. The molecule has 4 rings (SSSR count). The van der Waals surface area contributed by atoms with E-state index < -0.39 is 0 Å². The van der Waals surface area contributed by atoms with Crippen LogP contribution in [0.15, 0.2) is 44.3 Å². The zero-order chi connectivity index (χ0) is 16.7. The molecular weight excluding hydrogens is 324 g/mol. The van der Waals surface area contributed by atoms with E-state index in [1.165, 1.54) is 0 Å². The summed E-state index contributed by atoms with van der Waals surface area (Å²) in [6, 6.07) is 7.58. The van der Waals surface area contributed by atoms with Crippen LogP contribution in [0.1, 0.15) is 12.6 Å². The maximum absolute atomic E-state index is 12.2. The molecule has 4 aromatic rings. The van der Waals surface area contributed by atoms with Crippen LogP contribution in [0.3, 0.4) is 0 Å². The molecule has 0 unspecified atom stereocenters. The second kappa shape index (κ2) is 5.68. The van der Waals surface area contributed by atoms with E-state index in [4.69, 9.17) is 4.52 Å². The van der Waals surface area contributed by atoms with Crippen molar-refractivity contribution in [1.82, 2.24) is 19.7 Å². The zero-order valence-electron chi connectivity index (χ0n) is 13.2. The third kappa shape index (κ3) is 2.33. The predicted octanol–water partition coefficient (Wildman–Crippen LogP) is 3.50. The van der Waals surface area contributed by atoms with Crippen LogP contribution in [0, 0.1) is 6.92 Å². The number of aromatic nitrogens is 4. The van der Waals surface area contributed by atoms with E-state index >= 15 is 0 Å². The van der Waals surface area contributed by atoms with E-state index in [1.807, 2.05) is 41.9 Å². The van der Waals surface area contributed by atoms with Crippen molar-refractivity contribution in [3.05, 3.63) is 51.1 Å². The Hall–Kier alpha value is -2.80. The molecule has 0 atom stereocenters. The smallest absolute Gasteiger partial charge is 0.272 e. The van der Waals surface area contributed by atoms with Crippen LogP contribution in [0.4, 0.5) is 0 Å². The molecule has 0 radical (unpaired) electrons. The third-order valence-electron chi connectivity index (χ3n) is 3.88. The van der Waals surface area contributed by atoms with Gasteiger partial charge in [-0.05, 0) is 43.5 Å². The Bertz CT molecular complexity index is 1080. The lowest BCUT2D eigenvalue weighted by molar-refractivity contribution is 0.432. The largest absolute Gasteiger partial charge is 0.334 e. The lowest BCUT2D eigenvalue weighted by Gasteiger charge is -2.09. The molecule has 7 heteroatoms. The highest BCUT2D eigenvalue weighted by molar-refractivity contribution is 7.08. The van der Waals surface area contributed by atoms with E-state index in [-0.39, 0.29) is 5.56 Å². The van der Waals surface area contributed by atoms with Crippen LogP contribution in [0.25, 0.3) is 33.9 Å². The highest BCUT2D eigenvalue weighted by Gasteiger charge is 2.13. The number of aryl methyl sites for hydroxylation is 2. The summed E-state index contributed by atoms with van der Waals surface area (Å²) in [5, 5.41) is 7.98. The van der Waals surface area contributed by atoms with Crippen molar-refractivity contribution in [3.8, 4) is 22.8 Å². The highest BCUT2D eigenvalue weighted by atomic mass is 32.1. The van der Waals surface area contributed by atoms with E-state index in [0.29, 0.717) is 24.0 Å². The lowest BCUT2D eigenvalue weighted by Crippen LogP contribution is -2.23. The fraction of sp³-hybridized carbons (Fsp3) is 0.176. The summed E-state index contributed by atoms with van der Waals surface area (Å²) in [5.74, 6) is 1.00. The van der Waals surface area contributed by atoms with Crippen LogP contribution in [-0.4, -0.2) is 19.7 Å². The summed E-state index contributed by atoms with van der Waals surface area (Å²) in [4.78, 5) is 21.0. The van der Waals surface area contributed by atoms with Crippen molar-refractivity contribution >= 4 is 22.4 Å². The number of hydrogen-bond donors (Lipinski definition) is 0. The number of benzene rings is 1. The molecule has 0 bridgehead atoms. The first kappa shape index (κ1) is 14.8. The van der Waals surface area contributed by atoms with Gasteiger partial charge in [-0.15, -0.1) is 0 Å². The van der Waals surface area contributed by atoms with Gasteiger partial charge < -0.3 is 9.09 Å². The second-order valence-electron chi connectivity index (χ2n) is 5.39. The van der Waals surface area contributed by atoms with E-state index in [0.717, 1.165) is 22.2 Å². The summed E-state index contributed by atoms with van der Waals surface area (Å²) in [6.07, 6.45) is 0. The van der Waals surface area contributed by atoms with Gasteiger partial charge in [-0.3, -0.25) is 4.79 Å². The van der Waals surface area contributed by atoms with Crippen molar-refractivity contribution in [3.63, 3.8) is 0 Å². The minimum atomic E-state index is -0.0583. The average Bonchev–Trinajstić information content (AvgIpc) is 3.27. The van der Waals surface area contributed by atoms with Crippen molar-refractivity contribution in [2.75, 3.05) is 0 Å². The molecule has 0 spiro atoms. The Morgan fingerprint density at radius 2 is 2.08 bits per heavy atom. The van der Waals surface area contributed by atoms with Gasteiger partial charge in [0.05, 0.1) is 16.6 Å². The van der Waals surface area contributed by atoms with Gasteiger partial charge in [-0.1, -0.05) is 5.16 Å². The first-order valence-corrected chi connectivity index (χ1v) is 8.49. The van der Waals surface area contributed by atoms with Gasteiger partial charge in [-0.25, -0.2) is 4.98 Å². The summed E-state index contributed by atoms with van der Waals surface area (Å²) >= 11 is 1.58. The van der Waals surface area contributed by atoms with E-state index in [2.05, 4.69) is 15.1 Å². The van der Waals surface area contributed by atoms with E-state index in [1.54, 1.807) is 22.8 Å². The highest BCUT2D eigenvalue weighted by Crippen LogP contribution is 2.25. The topological polar surface area (TPSA) is 73.8 Å². The third-order valence-corrected chi connectivity index (χ3v) is 4.56. The van der Waals surface area contributed by atoms with Crippen molar-refractivity contribution in [2.24, 2.45) is 0 Å². The summed E-state index contributed by atoms with van der Waals surface area (Å²) in [5.41, 5.74) is 3.69. The SMILES string of the molecule is CCn1c(=O)c(C)nc2cc(-c3noc(-c4ccsc4)n3)ccc21. The van der Waals surface area contributed by atoms with Gasteiger partial charge in [0, 0.05) is 17.5 Å². The number of rotatable bonds is 3. The Balaban J connectivity index is 1.84. The molecule has 0 aliphatic rings. The molecule has 24 heavy (non-hydrogen) atoms. The molecule has 0 saturated carbocycles. The fourth-order valence-electron chi connectivity index (χ4n) is 2.67. The number of nitrogens with zero attached hydrogens (tertiary/aromatic N) is 4. The van der Waals surface area contributed by atoms with Gasteiger partial charge in [0.15, 0.2) is 0 Å². The second-order valence-corrected chi connectivity index (χ2v) is 6.17. The lowest BCUT2D eigenvalue weighted by atomic mass is 10.1. The van der Waals surface area contributed by atoms with Gasteiger partial charge in [0.1, 0.15) is 5.69 Å². The number of fused-ring (bicyclic) bond motifs is 1. The minimum Gasteiger partial charge on any atom is -0.334 e. The number of thiophene rings is 1. The molecule has 3 aromatic heterocycles. The zero-order valence-corrected chi connectivity index (χ0v) is 14.0. The minimum absolute atomic E-state index is 0.0583. The number of hydrogen-bond acceptors (Lipinski definition) is 6. The molecule has 0 amide bonds. The quantitative estimate of drug-likeness (QED) is 0.571. The Morgan fingerprint density at radius 3 is 2.83 bits per heavy atom. The van der Waals surface area contributed by atoms with Crippen LogP contribution in [0.5, 0.6) is 0 Å². The summed E-state index contributed by atoms with van der Waals surface area (Å²) in [7, 11) is 0. The first-order chi connectivity index (χ1) is 11.7. The molecule has 1 aromatic carbocycles. The van der Waals surface area contributed by atoms with Gasteiger partial charge in [0.25, 0.3) is 11.4 Å². The Morgan fingerprint density at radius 1 is 1.21 bits per heavy atom. The summed E-state index contributed by atoms with van der Waals surface area (Å²) < 4.78 is 7.05. The molecular formula is C17H14N4O2S. The molecule has 3 heterocycles. The monoisotopic (exact) mass is 338 g/mol. The van der Waals surface area contributed by atoms with Crippen molar-refractivity contribution in [2.45, 2.75) is 20.4 Å². The molecule has 0 saturated heterocycles. The first-order valence-electron chi connectivity index (χ1n) is 7.55. The van der Waals surface area contributed by atoms with Crippen molar-refractivity contribution in [1.29, 1.82) is 0 Å². The molecule has 0 fully saturated rings. The van der Waals surface area contributed by atoms with Crippen LogP contribution < -0.4 is 5.56 Å².